The van der Waals surface area contributed by atoms with Crippen LogP contribution in [0.4, 0.5) is 0 Å². The molecule has 0 aliphatic heterocycles. The van der Waals surface area contributed by atoms with Gasteiger partial charge in [-0.1, -0.05) is 0 Å². The molecule has 0 amide bonds. The van der Waals surface area contributed by atoms with E-state index in [-0.39, 0.29) is 0 Å². The summed E-state index contributed by atoms with van der Waals surface area (Å²) in [7, 11) is 0. The monoisotopic (exact) mass is 246 g/mol. The predicted molar refractivity (Wildman–Crippen MR) is 19.0 cm³/mol. The van der Waals surface area contributed by atoms with Crippen LogP contribution >= 0.6 is 16.9 Å². The van der Waals surface area contributed by atoms with Gasteiger partial charge in [0.05, 0.1) is 0 Å². The molecule has 26 valence electrons. The molecule has 4 heteroatoms. The summed E-state index contributed by atoms with van der Waals surface area (Å²) in [6.45, 7) is 0. The Kier molecular flexibility index (Phi) is 5.37. The Hall–Kier alpha value is 2.25. The van der Waals surface area contributed by atoms with E-state index >= 15 is 0 Å². The first kappa shape index (κ1) is 6.25. The summed E-state index contributed by atoms with van der Waals surface area (Å²) >= 11 is -2.31. The second kappa shape index (κ2) is 3.44. The van der Waals surface area contributed by atoms with Crippen LogP contribution in [0.25, 0.3) is 0 Å². The average Bonchev–Trinajstić information content (AvgIpc) is 0.811. The van der Waals surface area contributed by atoms with Gasteiger partial charge >= 0.3 is 47.6 Å². The molecule has 0 aromatic heterocycles. The zero-order valence-corrected chi connectivity index (χ0v) is 7.60. The Morgan fingerprint density at radius 2 is 1.00 bits per heavy atom. The van der Waals surface area contributed by atoms with E-state index in [9.17, 15) is 0 Å². The SMILES string of the molecule is [Cl][CeH]([Cl])[Cl]. The minimum atomic E-state index is -2.31. The van der Waals surface area contributed by atoms with Crippen LogP contribution in [0.15, 0.2) is 0 Å². The van der Waals surface area contributed by atoms with Crippen molar-refractivity contribution in [2.45, 2.75) is 0 Å². The van der Waals surface area contributed by atoms with Crippen LogP contribution in [0, 0.1) is 30.7 Å². The molecule has 0 saturated carbocycles. The molecule has 0 aliphatic rings. The topological polar surface area (TPSA) is 0 Å². The molecule has 0 fully saturated rings. The third kappa shape index (κ3) is 8.87. The fourth-order valence-corrected chi connectivity index (χ4v) is 0. The van der Waals surface area contributed by atoms with Gasteiger partial charge in [-0.3, -0.25) is 0 Å². The normalized spacial score (nSPS) is 9.00. The molecule has 0 atom stereocenters. The summed E-state index contributed by atoms with van der Waals surface area (Å²) in [5.41, 5.74) is 15.1. The molecule has 4 heavy (non-hydrogen) atoms. The first-order valence-electron chi connectivity index (χ1n) is 0.655. The van der Waals surface area contributed by atoms with E-state index in [1.165, 1.54) is 0 Å². The number of hydrogen-bond donors (Lipinski definition) is 0. The van der Waals surface area contributed by atoms with E-state index in [1.54, 1.807) is 0 Å². The van der Waals surface area contributed by atoms with Crippen LogP contribution in [-0.4, -0.2) is 0 Å². The summed E-state index contributed by atoms with van der Waals surface area (Å²) in [5, 5.41) is 0. The van der Waals surface area contributed by atoms with E-state index in [0.29, 0.717) is 0 Å². The van der Waals surface area contributed by atoms with E-state index in [2.05, 4.69) is 0 Å². The number of halogens is 3. The third-order valence-corrected chi connectivity index (χ3v) is 0. The Balaban J connectivity index is 2.32. The van der Waals surface area contributed by atoms with Crippen LogP contribution in [0.2, 0.25) is 0 Å². The van der Waals surface area contributed by atoms with Gasteiger partial charge in [-0.05, 0) is 0 Å². The molecule has 0 aromatic rings. The molecule has 0 bridgehead atoms. The summed E-state index contributed by atoms with van der Waals surface area (Å²) in [4.78, 5) is 0. The van der Waals surface area contributed by atoms with Crippen molar-refractivity contribution in [2.24, 2.45) is 0 Å². The average molecular weight is 247 g/mol. The third-order valence-electron chi connectivity index (χ3n) is 0. The molecule has 0 nitrogen and oxygen atoms in total. The second-order valence-electron chi connectivity index (χ2n) is 0.247. The van der Waals surface area contributed by atoms with Crippen molar-refractivity contribution in [3.05, 3.63) is 0 Å². The molecule has 0 spiro atoms. The standard InChI is InChI=1S/Ce.3ClH.H/h;3*1H;/q+3;;;;/p-3. The zero-order valence-electron chi connectivity index (χ0n) is 1.71. The van der Waals surface area contributed by atoms with Gasteiger partial charge < -0.3 is 0 Å². The fraction of sp³-hybridized carbons (Fsp3) is 0. The van der Waals surface area contributed by atoms with Crippen molar-refractivity contribution < 1.29 is 30.7 Å². The first-order valence-corrected chi connectivity index (χ1v) is 14.3. The maximum absolute atomic E-state index is 5.03. The van der Waals surface area contributed by atoms with Crippen molar-refractivity contribution >= 4 is 16.9 Å². The Bertz CT molecular complexity index is 8.00. The molecule has 0 aliphatic carbocycles. The quantitative estimate of drug-likeness (QED) is 0.612. The Morgan fingerprint density at radius 1 is 1.00 bits per heavy atom. The zero-order chi connectivity index (χ0) is 3.58. The first-order chi connectivity index (χ1) is 1.73. The van der Waals surface area contributed by atoms with Crippen molar-refractivity contribution in [1.82, 2.24) is 0 Å². The summed E-state index contributed by atoms with van der Waals surface area (Å²) in [6.07, 6.45) is 0. The van der Waals surface area contributed by atoms with Gasteiger partial charge in [0.1, 0.15) is 0 Å². The number of rotatable bonds is 0. The summed E-state index contributed by atoms with van der Waals surface area (Å²) < 4.78 is 0. The Labute approximate surface area is 46.3 Å². The van der Waals surface area contributed by atoms with Gasteiger partial charge in [0.25, 0.3) is 0 Å². The van der Waals surface area contributed by atoms with E-state index < -0.39 is 30.7 Å². The molecular weight excluding hydrogens is 246 g/mol. The fourth-order valence-electron chi connectivity index (χ4n) is 0. The number of hydrogen-bond acceptors (Lipinski definition) is 0. The summed E-state index contributed by atoms with van der Waals surface area (Å²) in [5.74, 6) is 0. The van der Waals surface area contributed by atoms with Gasteiger partial charge in [0.15, 0.2) is 0 Å². The van der Waals surface area contributed by atoms with Gasteiger partial charge in [-0.2, -0.15) is 0 Å². The molecule has 0 heterocycles. The van der Waals surface area contributed by atoms with Crippen molar-refractivity contribution in [3.8, 4) is 0 Å². The van der Waals surface area contributed by atoms with E-state index in [1.807, 2.05) is 0 Å². The van der Waals surface area contributed by atoms with E-state index in [4.69, 9.17) is 16.9 Å². The molecule has 0 rings (SSSR count). The molecule has 0 unspecified atom stereocenters. The molecular formula is HCeCl3. The Morgan fingerprint density at radius 3 is 1.00 bits per heavy atom. The molecule has 0 aromatic carbocycles. The van der Waals surface area contributed by atoms with Crippen LogP contribution in [0.1, 0.15) is 0 Å². The van der Waals surface area contributed by atoms with Crippen LogP contribution in [0.5, 0.6) is 0 Å². The van der Waals surface area contributed by atoms with E-state index in [0.717, 1.165) is 0 Å². The van der Waals surface area contributed by atoms with Gasteiger partial charge in [-0.25, -0.2) is 0 Å². The minimum absolute atomic E-state index is 2.31. The van der Waals surface area contributed by atoms with Crippen molar-refractivity contribution in [2.75, 3.05) is 0 Å². The second-order valence-corrected chi connectivity index (χ2v) is 16.2. The predicted octanol–water partition coefficient (Wildman–Crippen LogP) is 1.80. The van der Waals surface area contributed by atoms with Crippen molar-refractivity contribution in [3.63, 3.8) is 0 Å². The van der Waals surface area contributed by atoms with Crippen LogP contribution in [-0.2, 0) is 0 Å². The molecule has 0 N–H and O–H groups in total. The molecule has 0 saturated heterocycles. The van der Waals surface area contributed by atoms with Crippen LogP contribution < -0.4 is 0 Å². The van der Waals surface area contributed by atoms with Gasteiger partial charge in [-0.15, -0.1) is 0 Å². The van der Waals surface area contributed by atoms with Gasteiger partial charge in [0.2, 0.25) is 0 Å². The van der Waals surface area contributed by atoms with Gasteiger partial charge in [0, 0.05) is 0 Å². The van der Waals surface area contributed by atoms with Crippen molar-refractivity contribution in [1.29, 1.82) is 0 Å². The maximum atomic E-state index is 5.03. The summed E-state index contributed by atoms with van der Waals surface area (Å²) in [6, 6.07) is 0. The molecule has 0 radical (unpaired) electrons. The van der Waals surface area contributed by atoms with Crippen LogP contribution in [0.3, 0.4) is 0 Å².